The molecule has 0 unspecified atom stereocenters. The number of nitrogens with one attached hydrogen (secondary N) is 1. The van der Waals surface area contributed by atoms with Gasteiger partial charge in [0.2, 0.25) is 0 Å². The van der Waals surface area contributed by atoms with Crippen LogP contribution in [0, 0.1) is 0 Å². The van der Waals surface area contributed by atoms with Gasteiger partial charge in [-0.05, 0) is 36.6 Å². The Bertz CT molecular complexity index is 619. The largest absolute Gasteiger partial charge is 0.320 e. The lowest BCUT2D eigenvalue weighted by Crippen LogP contribution is -2.13. The first-order valence-corrected chi connectivity index (χ1v) is 7.35. The van der Waals surface area contributed by atoms with Gasteiger partial charge in [-0.2, -0.15) is 0 Å². The maximum Gasteiger partial charge on any atom is 0.258 e. The first-order valence-electron chi connectivity index (χ1n) is 5.37. The number of anilines is 1. The molecule has 1 heterocycles. The minimum Gasteiger partial charge on any atom is -0.320 e. The zero-order valence-electron chi connectivity index (χ0n) is 9.98. The summed E-state index contributed by atoms with van der Waals surface area (Å²) in [5.41, 5.74) is 0.987. The molecule has 1 amide bonds. The van der Waals surface area contributed by atoms with Crippen molar-refractivity contribution in [3.63, 3.8) is 0 Å². The normalized spacial score (nSPS) is 10.3. The Hall–Kier alpha value is -1.23. The van der Waals surface area contributed by atoms with Crippen LogP contribution in [0.1, 0.15) is 10.4 Å². The molecule has 1 aromatic carbocycles. The molecule has 0 aliphatic heterocycles. The number of benzene rings is 1. The second-order valence-corrected chi connectivity index (χ2v) is 5.28. The van der Waals surface area contributed by atoms with Crippen molar-refractivity contribution < 1.29 is 4.79 Å². The summed E-state index contributed by atoms with van der Waals surface area (Å²) in [6.07, 6.45) is 3.51. The number of carbonyl (C=O) groups excluding carboxylic acids is 1. The highest BCUT2D eigenvalue weighted by Crippen LogP contribution is 2.26. The van der Waals surface area contributed by atoms with E-state index in [0.717, 1.165) is 0 Å². The van der Waals surface area contributed by atoms with E-state index in [1.54, 1.807) is 36.5 Å². The molecule has 0 aliphatic carbocycles. The van der Waals surface area contributed by atoms with Crippen LogP contribution in [0.4, 0.5) is 5.69 Å². The van der Waals surface area contributed by atoms with Gasteiger partial charge in [0.1, 0.15) is 5.03 Å². The molecule has 3 nitrogen and oxygen atoms in total. The zero-order chi connectivity index (χ0) is 13.8. The van der Waals surface area contributed by atoms with Gasteiger partial charge in [-0.25, -0.2) is 4.98 Å². The molecule has 0 spiro atoms. The molecule has 1 N–H and O–H groups in total. The number of thioether (sulfide) groups is 1. The van der Waals surface area contributed by atoms with Crippen LogP contribution in [-0.4, -0.2) is 17.1 Å². The summed E-state index contributed by atoms with van der Waals surface area (Å²) < 4.78 is 0. The summed E-state index contributed by atoms with van der Waals surface area (Å²) >= 11 is 13.3. The van der Waals surface area contributed by atoms with Crippen LogP contribution in [0.25, 0.3) is 0 Å². The van der Waals surface area contributed by atoms with Crippen molar-refractivity contribution in [2.24, 2.45) is 0 Å². The van der Waals surface area contributed by atoms with E-state index in [-0.39, 0.29) is 5.91 Å². The molecule has 2 aromatic rings. The van der Waals surface area contributed by atoms with E-state index in [9.17, 15) is 4.79 Å². The number of hydrogen-bond acceptors (Lipinski definition) is 3. The first kappa shape index (κ1) is 14.2. The lowest BCUT2D eigenvalue weighted by Gasteiger charge is -2.09. The van der Waals surface area contributed by atoms with E-state index in [0.29, 0.717) is 26.3 Å². The smallest absolute Gasteiger partial charge is 0.258 e. The fourth-order valence-corrected chi connectivity index (χ4v) is 2.39. The summed E-state index contributed by atoms with van der Waals surface area (Å²) in [5, 5.41) is 4.35. The fraction of sp³-hybridized carbons (Fsp3) is 0.0769. The van der Waals surface area contributed by atoms with E-state index < -0.39 is 0 Å². The molecule has 1 aromatic heterocycles. The number of rotatable bonds is 3. The molecule has 98 valence electrons. The lowest BCUT2D eigenvalue weighted by atomic mass is 10.2. The van der Waals surface area contributed by atoms with Crippen LogP contribution in [0.5, 0.6) is 0 Å². The quantitative estimate of drug-likeness (QED) is 0.856. The van der Waals surface area contributed by atoms with E-state index in [4.69, 9.17) is 23.2 Å². The van der Waals surface area contributed by atoms with E-state index in [1.807, 2.05) is 6.26 Å². The zero-order valence-corrected chi connectivity index (χ0v) is 12.3. The Morgan fingerprint density at radius 3 is 2.84 bits per heavy atom. The second kappa shape index (κ2) is 6.28. The number of aromatic nitrogens is 1. The highest BCUT2D eigenvalue weighted by molar-refractivity contribution is 7.98. The lowest BCUT2D eigenvalue weighted by molar-refractivity contribution is 0.102. The van der Waals surface area contributed by atoms with Gasteiger partial charge < -0.3 is 5.32 Å². The second-order valence-electron chi connectivity index (χ2n) is 3.64. The molecule has 0 saturated carbocycles. The minimum absolute atomic E-state index is 0.262. The Kier molecular flexibility index (Phi) is 4.69. The Morgan fingerprint density at radius 1 is 1.32 bits per heavy atom. The molecule has 0 saturated heterocycles. The van der Waals surface area contributed by atoms with Crippen molar-refractivity contribution in [1.29, 1.82) is 0 Å². The van der Waals surface area contributed by atoms with Crippen molar-refractivity contribution in [2.75, 3.05) is 11.6 Å². The Labute approximate surface area is 125 Å². The van der Waals surface area contributed by atoms with Crippen molar-refractivity contribution in [3.05, 3.63) is 52.1 Å². The van der Waals surface area contributed by atoms with Crippen LogP contribution in [0.3, 0.4) is 0 Å². The number of nitrogens with zero attached hydrogens (tertiary/aromatic N) is 1. The molecule has 0 aliphatic rings. The summed E-state index contributed by atoms with van der Waals surface area (Å²) in [4.78, 5) is 16.3. The van der Waals surface area contributed by atoms with Gasteiger partial charge in [0, 0.05) is 11.2 Å². The SMILES string of the molecule is CSc1ncccc1C(=O)Nc1cc(Cl)ccc1Cl. The van der Waals surface area contributed by atoms with Crippen LogP contribution >= 0.6 is 35.0 Å². The van der Waals surface area contributed by atoms with Crippen LogP contribution in [0.15, 0.2) is 41.6 Å². The Balaban J connectivity index is 2.28. The molecular weight excluding hydrogens is 303 g/mol. The highest BCUT2D eigenvalue weighted by atomic mass is 35.5. The van der Waals surface area contributed by atoms with Gasteiger partial charge in [0.05, 0.1) is 16.3 Å². The molecule has 0 bridgehead atoms. The van der Waals surface area contributed by atoms with Crippen molar-refractivity contribution in [2.45, 2.75) is 5.03 Å². The van der Waals surface area contributed by atoms with Gasteiger partial charge in [-0.15, -0.1) is 11.8 Å². The minimum atomic E-state index is -0.262. The van der Waals surface area contributed by atoms with Crippen LogP contribution in [-0.2, 0) is 0 Å². The standard InChI is InChI=1S/C13H10Cl2N2OS/c1-19-13-9(3-2-6-16-13)12(18)17-11-7-8(14)4-5-10(11)15/h2-7H,1H3,(H,17,18). The molecule has 0 atom stereocenters. The summed E-state index contributed by atoms with van der Waals surface area (Å²) in [6.45, 7) is 0. The predicted molar refractivity (Wildman–Crippen MR) is 80.4 cm³/mol. The third-order valence-corrected chi connectivity index (χ3v) is 3.66. The average Bonchev–Trinajstić information content (AvgIpc) is 2.42. The molecule has 2 rings (SSSR count). The third kappa shape index (κ3) is 3.41. The summed E-state index contributed by atoms with van der Waals surface area (Å²) in [7, 11) is 0. The van der Waals surface area contributed by atoms with Crippen molar-refractivity contribution in [1.82, 2.24) is 4.98 Å². The number of amides is 1. The number of pyridine rings is 1. The highest BCUT2D eigenvalue weighted by Gasteiger charge is 2.13. The molecule has 6 heteroatoms. The topological polar surface area (TPSA) is 42.0 Å². The van der Waals surface area contributed by atoms with Gasteiger partial charge in [-0.1, -0.05) is 23.2 Å². The summed E-state index contributed by atoms with van der Waals surface area (Å²) in [6, 6.07) is 8.34. The molecule has 19 heavy (non-hydrogen) atoms. The van der Waals surface area contributed by atoms with Crippen molar-refractivity contribution >= 4 is 46.6 Å². The average molecular weight is 313 g/mol. The predicted octanol–water partition coefficient (Wildman–Crippen LogP) is 4.36. The molecular formula is C13H10Cl2N2OS. The number of halogens is 2. The first-order chi connectivity index (χ1) is 9.11. The van der Waals surface area contributed by atoms with E-state index in [1.165, 1.54) is 11.8 Å². The number of carbonyl (C=O) groups is 1. The fourth-order valence-electron chi connectivity index (χ4n) is 1.51. The Morgan fingerprint density at radius 2 is 2.11 bits per heavy atom. The van der Waals surface area contributed by atoms with Gasteiger partial charge >= 0.3 is 0 Å². The maximum absolute atomic E-state index is 12.2. The van der Waals surface area contributed by atoms with Gasteiger partial charge in [0.25, 0.3) is 5.91 Å². The summed E-state index contributed by atoms with van der Waals surface area (Å²) in [5.74, 6) is -0.262. The van der Waals surface area contributed by atoms with Crippen molar-refractivity contribution in [3.8, 4) is 0 Å². The number of hydrogen-bond donors (Lipinski definition) is 1. The monoisotopic (exact) mass is 312 g/mol. The van der Waals surface area contributed by atoms with Crippen LogP contribution < -0.4 is 5.32 Å². The van der Waals surface area contributed by atoms with E-state index in [2.05, 4.69) is 10.3 Å². The molecule has 0 fully saturated rings. The maximum atomic E-state index is 12.2. The third-order valence-electron chi connectivity index (χ3n) is 2.39. The van der Waals surface area contributed by atoms with Gasteiger partial charge in [-0.3, -0.25) is 4.79 Å². The molecule has 0 radical (unpaired) electrons. The van der Waals surface area contributed by atoms with Gasteiger partial charge in [0.15, 0.2) is 0 Å². The van der Waals surface area contributed by atoms with Crippen LogP contribution in [0.2, 0.25) is 10.0 Å². The van der Waals surface area contributed by atoms with E-state index >= 15 is 0 Å².